The lowest BCUT2D eigenvalue weighted by Crippen LogP contribution is -1.60. The number of rotatable bonds is 3. The van der Waals surface area contributed by atoms with Crippen molar-refractivity contribution in [3.05, 3.63) is 36.4 Å². The maximum atomic E-state index is 4.00. The molecular weight excluding hydrogens is 130 g/mol. The summed E-state index contributed by atoms with van der Waals surface area (Å²) in [5.74, 6) is 0. The Bertz CT molecular complexity index is 156. The van der Waals surface area contributed by atoms with Gasteiger partial charge in [0.1, 0.15) is 0 Å². The lowest BCUT2D eigenvalue weighted by atomic mass is 10.6. The molecule has 0 bridgehead atoms. The van der Waals surface area contributed by atoms with E-state index < -0.39 is 0 Å². The van der Waals surface area contributed by atoms with E-state index in [1.54, 1.807) is 24.6 Å². The van der Waals surface area contributed by atoms with Gasteiger partial charge in [-0.15, -0.1) is 12.6 Å². The zero-order valence-corrected chi connectivity index (χ0v) is 6.01. The molecule has 0 aromatic carbocycles. The maximum absolute atomic E-state index is 4.00. The molecule has 0 radical (unpaired) electrons. The Labute approximate surface area is 60.9 Å². The van der Waals surface area contributed by atoms with E-state index >= 15 is 0 Å². The van der Waals surface area contributed by atoms with Crippen molar-refractivity contribution >= 4 is 18.8 Å². The van der Waals surface area contributed by atoms with Crippen molar-refractivity contribution in [1.82, 2.24) is 0 Å². The van der Waals surface area contributed by atoms with Gasteiger partial charge < -0.3 is 0 Å². The molecule has 0 N–H and O–H groups in total. The zero-order chi connectivity index (χ0) is 7.11. The van der Waals surface area contributed by atoms with Crippen LogP contribution >= 0.6 is 12.6 Å². The quantitative estimate of drug-likeness (QED) is 0.349. The second-order valence-corrected chi connectivity index (χ2v) is 1.81. The maximum Gasteiger partial charge on any atom is 0.0401 e. The molecule has 0 aliphatic rings. The van der Waals surface area contributed by atoms with E-state index in [0.717, 1.165) is 4.91 Å². The first-order valence-corrected chi connectivity index (χ1v) is 2.91. The lowest BCUT2D eigenvalue weighted by Gasteiger charge is -1.80. The summed E-state index contributed by atoms with van der Waals surface area (Å²) < 4.78 is 0. The minimum atomic E-state index is 0.744. The van der Waals surface area contributed by atoms with Gasteiger partial charge in [-0.1, -0.05) is 25.3 Å². The summed E-state index contributed by atoms with van der Waals surface area (Å²) in [5.41, 5.74) is 0. The fourth-order valence-electron chi connectivity index (χ4n) is 0.233. The monoisotopic (exact) mass is 139 g/mol. The highest BCUT2D eigenvalue weighted by molar-refractivity contribution is 7.84. The SMILES string of the molecule is C=CC=N/C=C(/S)C=C. The second kappa shape index (κ2) is 5.38. The first-order chi connectivity index (χ1) is 4.31. The topological polar surface area (TPSA) is 12.4 Å². The van der Waals surface area contributed by atoms with Crippen LogP contribution in [0.2, 0.25) is 0 Å². The Morgan fingerprint density at radius 2 is 2.11 bits per heavy atom. The van der Waals surface area contributed by atoms with E-state index in [4.69, 9.17) is 0 Å². The minimum absolute atomic E-state index is 0.744. The Morgan fingerprint density at radius 1 is 1.44 bits per heavy atom. The standard InChI is InChI=1S/C7H9NS/c1-3-5-8-6-7(9)4-2/h3-6,9H,1-2H2/b7-6+,8-5?. The molecule has 0 aliphatic heterocycles. The second-order valence-electron chi connectivity index (χ2n) is 1.29. The molecule has 0 aromatic rings. The van der Waals surface area contributed by atoms with Gasteiger partial charge in [0, 0.05) is 17.3 Å². The lowest BCUT2D eigenvalue weighted by molar-refractivity contribution is 1.58. The highest BCUT2D eigenvalue weighted by atomic mass is 32.1. The van der Waals surface area contributed by atoms with Gasteiger partial charge in [-0.2, -0.15) is 0 Å². The van der Waals surface area contributed by atoms with E-state index in [0.29, 0.717) is 0 Å². The Balaban J connectivity index is 3.81. The van der Waals surface area contributed by atoms with Crippen LogP contribution in [-0.4, -0.2) is 6.21 Å². The van der Waals surface area contributed by atoms with Crippen LogP contribution in [0.3, 0.4) is 0 Å². The van der Waals surface area contributed by atoms with E-state index in [1.165, 1.54) is 0 Å². The number of nitrogens with zero attached hydrogens (tertiary/aromatic N) is 1. The average molecular weight is 139 g/mol. The normalized spacial score (nSPS) is 11.9. The zero-order valence-electron chi connectivity index (χ0n) is 5.12. The number of aliphatic imine (C=N–C) groups is 1. The van der Waals surface area contributed by atoms with Crippen molar-refractivity contribution in [3.8, 4) is 0 Å². The molecule has 0 heterocycles. The molecule has 0 unspecified atom stereocenters. The van der Waals surface area contributed by atoms with Gasteiger partial charge in [-0.3, -0.25) is 4.99 Å². The van der Waals surface area contributed by atoms with Crippen molar-refractivity contribution in [3.63, 3.8) is 0 Å². The molecule has 2 heteroatoms. The largest absolute Gasteiger partial charge is 0.264 e. The Hall–Kier alpha value is -0.760. The third-order valence-electron chi connectivity index (χ3n) is 0.607. The summed E-state index contributed by atoms with van der Waals surface area (Å²) in [7, 11) is 0. The summed E-state index contributed by atoms with van der Waals surface area (Å²) in [5, 5.41) is 0. The highest BCUT2D eigenvalue weighted by Crippen LogP contribution is 1.98. The van der Waals surface area contributed by atoms with Gasteiger partial charge in [0.15, 0.2) is 0 Å². The van der Waals surface area contributed by atoms with Crippen LogP contribution in [0.25, 0.3) is 0 Å². The van der Waals surface area contributed by atoms with E-state index in [1.807, 2.05) is 0 Å². The molecule has 0 aromatic heterocycles. The highest BCUT2D eigenvalue weighted by Gasteiger charge is 1.72. The van der Waals surface area contributed by atoms with Gasteiger partial charge in [0.2, 0.25) is 0 Å². The Kier molecular flexibility index (Phi) is 4.92. The van der Waals surface area contributed by atoms with Crippen LogP contribution in [0.5, 0.6) is 0 Å². The van der Waals surface area contributed by atoms with Crippen LogP contribution in [0.4, 0.5) is 0 Å². The molecule has 0 atom stereocenters. The van der Waals surface area contributed by atoms with Crippen molar-refractivity contribution in [2.45, 2.75) is 0 Å². The number of hydrogen-bond donors (Lipinski definition) is 1. The number of thiol groups is 1. The molecule has 0 fully saturated rings. The first kappa shape index (κ1) is 8.24. The molecule has 48 valence electrons. The van der Waals surface area contributed by atoms with Crippen molar-refractivity contribution in [2.75, 3.05) is 0 Å². The smallest absolute Gasteiger partial charge is 0.0401 e. The van der Waals surface area contributed by atoms with Crippen LogP contribution in [0.1, 0.15) is 0 Å². The molecular formula is C7H9NS. The Morgan fingerprint density at radius 3 is 2.56 bits per heavy atom. The van der Waals surface area contributed by atoms with Crippen LogP contribution in [0, 0.1) is 0 Å². The van der Waals surface area contributed by atoms with Crippen LogP contribution in [-0.2, 0) is 0 Å². The summed E-state index contributed by atoms with van der Waals surface area (Å²) in [4.78, 5) is 4.55. The average Bonchev–Trinajstić information content (AvgIpc) is 1.89. The van der Waals surface area contributed by atoms with E-state index in [-0.39, 0.29) is 0 Å². The van der Waals surface area contributed by atoms with E-state index in [2.05, 4.69) is 30.8 Å². The van der Waals surface area contributed by atoms with Crippen LogP contribution in [0.15, 0.2) is 41.4 Å². The van der Waals surface area contributed by atoms with Crippen molar-refractivity contribution in [2.24, 2.45) is 4.99 Å². The molecule has 0 spiro atoms. The van der Waals surface area contributed by atoms with Crippen molar-refractivity contribution < 1.29 is 0 Å². The molecule has 0 rings (SSSR count). The van der Waals surface area contributed by atoms with Gasteiger partial charge in [-0.25, -0.2) is 0 Å². The number of allylic oxidation sites excluding steroid dienone is 2. The summed E-state index contributed by atoms with van der Waals surface area (Å²) in [6, 6.07) is 0. The fraction of sp³-hybridized carbons (Fsp3) is 0. The summed E-state index contributed by atoms with van der Waals surface area (Å²) >= 11 is 4.00. The van der Waals surface area contributed by atoms with Gasteiger partial charge in [0.25, 0.3) is 0 Å². The van der Waals surface area contributed by atoms with Gasteiger partial charge in [-0.05, 0) is 0 Å². The molecule has 0 aliphatic carbocycles. The predicted molar refractivity (Wildman–Crippen MR) is 46.0 cm³/mol. The molecule has 1 nitrogen and oxygen atoms in total. The first-order valence-electron chi connectivity index (χ1n) is 2.47. The van der Waals surface area contributed by atoms with Gasteiger partial charge >= 0.3 is 0 Å². The van der Waals surface area contributed by atoms with Crippen LogP contribution < -0.4 is 0 Å². The molecule has 0 saturated carbocycles. The minimum Gasteiger partial charge on any atom is -0.264 e. The number of hydrogen-bond acceptors (Lipinski definition) is 2. The summed E-state index contributed by atoms with van der Waals surface area (Å²) in [6.45, 7) is 6.95. The third-order valence-corrected chi connectivity index (χ3v) is 0.905. The van der Waals surface area contributed by atoms with E-state index in [9.17, 15) is 0 Å². The molecule has 0 amide bonds. The molecule has 9 heavy (non-hydrogen) atoms. The summed E-state index contributed by atoms with van der Waals surface area (Å²) in [6.07, 6.45) is 6.39. The fourth-order valence-corrected chi connectivity index (χ4v) is 0.300. The van der Waals surface area contributed by atoms with Gasteiger partial charge in [0.05, 0.1) is 0 Å². The predicted octanol–water partition coefficient (Wildman–Crippen LogP) is 2.20. The third kappa shape index (κ3) is 5.11. The van der Waals surface area contributed by atoms with Crippen molar-refractivity contribution in [1.29, 1.82) is 0 Å². The molecule has 0 saturated heterocycles.